The van der Waals surface area contributed by atoms with Gasteiger partial charge in [0.15, 0.2) is 0 Å². The third kappa shape index (κ3) is 5.29. The highest BCUT2D eigenvalue weighted by molar-refractivity contribution is 7.89. The lowest BCUT2D eigenvalue weighted by Crippen LogP contribution is -2.11. The Morgan fingerprint density at radius 1 is 1.47 bits per heavy atom. The SMILES string of the molecule is CC(C)CCOCCn1cc(S(N)(=O)=O)cn1. The number of rotatable bonds is 7. The van der Waals surface area contributed by atoms with Gasteiger partial charge in [-0.05, 0) is 12.3 Å². The van der Waals surface area contributed by atoms with Gasteiger partial charge in [0.05, 0.1) is 19.3 Å². The number of sulfonamides is 1. The minimum absolute atomic E-state index is 0.0275. The Bertz CT molecular complexity index is 439. The summed E-state index contributed by atoms with van der Waals surface area (Å²) >= 11 is 0. The molecule has 0 amide bonds. The molecule has 0 radical (unpaired) electrons. The lowest BCUT2D eigenvalue weighted by molar-refractivity contribution is 0.114. The van der Waals surface area contributed by atoms with E-state index >= 15 is 0 Å². The highest BCUT2D eigenvalue weighted by Gasteiger charge is 2.10. The van der Waals surface area contributed by atoms with Crippen LogP contribution < -0.4 is 5.14 Å². The van der Waals surface area contributed by atoms with E-state index in [4.69, 9.17) is 9.88 Å². The first-order valence-electron chi connectivity index (χ1n) is 5.52. The predicted molar refractivity (Wildman–Crippen MR) is 63.9 cm³/mol. The van der Waals surface area contributed by atoms with Gasteiger partial charge in [-0.3, -0.25) is 4.68 Å². The molecular formula is C10H19N3O3S. The van der Waals surface area contributed by atoms with E-state index in [2.05, 4.69) is 18.9 Å². The highest BCUT2D eigenvalue weighted by atomic mass is 32.2. The average Bonchev–Trinajstić information content (AvgIpc) is 2.64. The first kappa shape index (κ1) is 14.1. The normalized spacial score (nSPS) is 12.2. The van der Waals surface area contributed by atoms with E-state index in [-0.39, 0.29) is 4.90 Å². The van der Waals surface area contributed by atoms with Crippen LogP contribution in [0.1, 0.15) is 20.3 Å². The summed E-state index contributed by atoms with van der Waals surface area (Å²) in [6, 6.07) is 0. The minimum Gasteiger partial charge on any atom is -0.380 e. The Kier molecular flexibility index (Phi) is 5.10. The van der Waals surface area contributed by atoms with E-state index in [1.54, 1.807) is 0 Å². The highest BCUT2D eigenvalue weighted by Crippen LogP contribution is 2.04. The summed E-state index contributed by atoms with van der Waals surface area (Å²) in [6.07, 6.45) is 3.66. The zero-order chi connectivity index (χ0) is 12.9. The molecule has 0 saturated heterocycles. The molecule has 6 nitrogen and oxygen atoms in total. The smallest absolute Gasteiger partial charge is 0.241 e. The fraction of sp³-hybridized carbons (Fsp3) is 0.700. The Balaban J connectivity index is 2.31. The minimum atomic E-state index is -3.65. The van der Waals surface area contributed by atoms with E-state index in [1.165, 1.54) is 17.1 Å². The van der Waals surface area contributed by atoms with Crippen LogP contribution in [0.25, 0.3) is 0 Å². The molecule has 0 unspecified atom stereocenters. The molecule has 0 aliphatic heterocycles. The number of ether oxygens (including phenoxy) is 1. The van der Waals surface area contributed by atoms with E-state index in [9.17, 15) is 8.42 Å². The van der Waals surface area contributed by atoms with Crippen molar-refractivity contribution >= 4 is 10.0 Å². The van der Waals surface area contributed by atoms with E-state index in [1.807, 2.05) is 0 Å². The Morgan fingerprint density at radius 2 is 2.18 bits per heavy atom. The van der Waals surface area contributed by atoms with Crippen molar-refractivity contribution in [1.82, 2.24) is 9.78 Å². The molecule has 0 saturated carbocycles. The largest absolute Gasteiger partial charge is 0.380 e. The summed E-state index contributed by atoms with van der Waals surface area (Å²) in [5, 5.41) is 8.86. The van der Waals surface area contributed by atoms with Crippen LogP contribution in [0.3, 0.4) is 0 Å². The fourth-order valence-corrected chi connectivity index (χ4v) is 1.66. The lowest BCUT2D eigenvalue weighted by Gasteiger charge is -2.06. The molecule has 0 fully saturated rings. The van der Waals surface area contributed by atoms with Gasteiger partial charge in [-0.15, -0.1) is 0 Å². The Labute approximate surface area is 102 Å². The second-order valence-electron chi connectivity index (χ2n) is 4.28. The molecule has 0 spiro atoms. The van der Waals surface area contributed by atoms with Crippen LogP contribution in [0.2, 0.25) is 0 Å². The second-order valence-corrected chi connectivity index (χ2v) is 5.84. The molecule has 0 aliphatic carbocycles. The second kappa shape index (κ2) is 6.13. The van der Waals surface area contributed by atoms with Gasteiger partial charge in [-0.2, -0.15) is 5.10 Å². The Hall–Kier alpha value is -0.920. The van der Waals surface area contributed by atoms with Crippen LogP contribution in [0.4, 0.5) is 0 Å². The standard InChI is InChI=1S/C10H19N3O3S/c1-9(2)3-5-16-6-4-13-8-10(7-12-13)17(11,14)15/h7-9H,3-6H2,1-2H3,(H2,11,14,15). The van der Waals surface area contributed by atoms with E-state index in [0.29, 0.717) is 25.7 Å². The zero-order valence-electron chi connectivity index (χ0n) is 10.2. The fourth-order valence-electron chi connectivity index (χ4n) is 1.19. The summed E-state index contributed by atoms with van der Waals surface area (Å²) in [6.45, 7) is 6.01. The average molecular weight is 261 g/mol. The van der Waals surface area contributed by atoms with Crippen molar-refractivity contribution in [3.63, 3.8) is 0 Å². The maximum Gasteiger partial charge on any atom is 0.241 e. The maximum absolute atomic E-state index is 11.0. The van der Waals surface area contributed by atoms with Gasteiger partial charge in [0.25, 0.3) is 0 Å². The van der Waals surface area contributed by atoms with Crippen molar-refractivity contribution in [2.75, 3.05) is 13.2 Å². The summed E-state index contributed by atoms with van der Waals surface area (Å²) in [7, 11) is -3.65. The maximum atomic E-state index is 11.0. The number of aromatic nitrogens is 2. The van der Waals surface area contributed by atoms with Crippen LogP contribution in [0.15, 0.2) is 17.3 Å². The van der Waals surface area contributed by atoms with Crippen molar-refractivity contribution in [2.45, 2.75) is 31.7 Å². The molecule has 0 atom stereocenters. The molecule has 1 aromatic heterocycles. The number of primary sulfonamides is 1. The van der Waals surface area contributed by atoms with Crippen molar-refractivity contribution in [1.29, 1.82) is 0 Å². The molecule has 98 valence electrons. The molecular weight excluding hydrogens is 242 g/mol. The van der Waals surface area contributed by atoms with Crippen molar-refractivity contribution < 1.29 is 13.2 Å². The summed E-state index contributed by atoms with van der Waals surface area (Å²) in [5.41, 5.74) is 0. The molecule has 17 heavy (non-hydrogen) atoms. The summed E-state index contributed by atoms with van der Waals surface area (Å²) < 4.78 is 28.9. The van der Waals surface area contributed by atoms with Gasteiger partial charge < -0.3 is 4.74 Å². The molecule has 1 rings (SSSR count). The van der Waals surface area contributed by atoms with Crippen LogP contribution in [0, 0.1) is 5.92 Å². The van der Waals surface area contributed by atoms with Crippen molar-refractivity contribution in [3.8, 4) is 0 Å². The molecule has 0 aliphatic rings. The lowest BCUT2D eigenvalue weighted by atomic mass is 10.1. The molecule has 1 aromatic rings. The van der Waals surface area contributed by atoms with Gasteiger partial charge in [-0.25, -0.2) is 13.6 Å². The third-order valence-electron chi connectivity index (χ3n) is 2.24. The number of hydrogen-bond acceptors (Lipinski definition) is 4. The van der Waals surface area contributed by atoms with E-state index < -0.39 is 10.0 Å². The van der Waals surface area contributed by atoms with Crippen LogP contribution in [-0.2, 0) is 21.3 Å². The molecule has 0 aromatic carbocycles. The molecule has 2 N–H and O–H groups in total. The van der Waals surface area contributed by atoms with Crippen LogP contribution in [0.5, 0.6) is 0 Å². The predicted octanol–water partition coefficient (Wildman–Crippen LogP) is 0.593. The monoisotopic (exact) mass is 261 g/mol. The topological polar surface area (TPSA) is 87.2 Å². The van der Waals surface area contributed by atoms with E-state index in [0.717, 1.165) is 6.42 Å². The number of hydrogen-bond donors (Lipinski definition) is 1. The van der Waals surface area contributed by atoms with Crippen molar-refractivity contribution in [2.24, 2.45) is 11.1 Å². The summed E-state index contributed by atoms with van der Waals surface area (Å²) in [5.74, 6) is 0.619. The third-order valence-corrected chi connectivity index (χ3v) is 3.11. The first-order valence-corrected chi connectivity index (χ1v) is 7.07. The van der Waals surface area contributed by atoms with Gasteiger partial charge in [-0.1, -0.05) is 13.8 Å². The van der Waals surface area contributed by atoms with Gasteiger partial charge >= 0.3 is 0 Å². The van der Waals surface area contributed by atoms with Gasteiger partial charge in [0.2, 0.25) is 10.0 Å². The quantitative estimate of drug-likeness (QED) is 0.728. The number of nitrogens with two attached hydrogens (primary N) is 1. The molecule has 7 heteroatoms. The van der Waals surface area contributed by atoms with Crippen LogP contribution >= 0.6 is 0 Å². The van der Waals surface area contributed by atoms with Gasteiger partial charge in [0.1, 0.15) is 4.90 Å². The Morgan fingerprint density at radius 3 is 2.71 bits per heavy atom. The summed E-state index contributed by atoms with van der Waals surface area (Å²) in [4.78, 5) is 0.0275. The number of nitrogens with zero attached hydrogens (tertiary/aromatic N) is 2. The van der Waals surface area contributed by atoms with Gasteiger partial charge in [0, 0.05) is 12.8 Å². The first-order chi connectivity index (χ1) is 7.89. The van der Waals surface area contributed by atoms with Crippen molar-refractivity contribution in [3.05, 3.63) is 12.4 Å². The molecule has 1 heterocycles. The zero-order valence-corrected chi connectivity index (χ0v) is 11.0. The van der Waals surface area contributed by atoms with Crippen LogP contribution in [-0.4, -0.2) is 31.4 Å². The molecule has 0 bridgehead atoms.